The maximum absolute atomic E-state index is 12.4. The van der Waals surface area contributed by atoms with Gasteiger partial charge in [0.05, 0.1) is 11.9 Å². The van der Waals surface area contributed by atoms with E-state index in [0.717, 1.165) is 31.2 Å². The van der Waals surface area contributed by atoms with Gasteiger partial charge >= 0.3 is 0 Å². The van der Waals surface area contributed by atoms with E-state index in [9.17, 15) is 13.2 Å². The Balaban J connectivity index is 1.63. The molecule has 2 aromatic carbocycles. The van der Waals surface area contributed by atoms with Gasteiger partial charge in [-0.3, -0.25) is 9.10 Å². The lowest BCUT2D eigenvalue weighted by molar-refractivity contribution is -0.119. The van der Waals surface area contributed by atoms with E-state index >= 15 is 0 Å². The number of amides is 1. The van der Waals surface area contributed by atoms with Crippen molar-refractivity contribution in [3.63, 3.8) is 0 Å². The van der Waals surface area contributed by atoms with Gasteiger partial charge in [0.15, 0.2) is 0 Å². The molecule has 152 valence electrons. The number of rotatable bonds is 7. The average Bonchev–Trinajstić information content (AvgIpc) is 3.11. The summed E-state index contributed by atoms with van der Waals surface area (Å²) >= 11 is 2.14. The van der Waals surface area contributed by atoms with Crippen LogP contribution in [-0.4, -0.2) is 36.7 Å². The molecule has 0 radical (unpaired) electrons. The summed E-state index contributed by atoms with van der Waals surface area (Å²) in [4.78, 5) is 16.6. The number of benzene rings is 2. The number of sulfonamides is 1. The Morgan fingerprint density at radius 1 is 1.14 bits per heavy atom. The van der Waals surface area contributed by atoms with E-state index < -0.39 is 10.0 Å². The molecule has 0 bridgehead atoms. The third kappa shape index (κ3) is 5.57. The lowest BCUT2D eigenvalue weighted by atomic mass is 10.2. The van der Waals surface area contributed by atoms with Crippen LogP contribution >= 0.6 is 22.6 Å². The average molecular weight is 524 g/mol. The molecule has 3 rings (SSSR count). The van der Waals surface area contributed by atoms with Crippen molar-refractivity contribution in [2.45, 2.75) is 13.5 Å². The maximum Gasteiger partial charge on any atom is 0.241 e. The standard InChI is InChI=1S/C20H21IN4O3S/c1-15-22-11-12-24(15)18-7-3-16(4-8-18)13-23-20(26)14-25(29(2,27)28)19-9-5-17(21)6-10-19/h3-12H,13-14H2,1-2H3,(H,23,26). The van der Waals surface area contributed by atoms with Gasteiger partial charge in [-0.25, -0.2) is 13.4 Å². The smallest absolute Gasteiger partial charge is 0.241 e. The van der Waals surface area contributed by atoms with Gasteiger partial charge in [0, 0.05) is 28.2 Å². The number of carbonyl (C=O) groups is 1. The van der Waals surface area contributed by atoms with Crippen molar-refractivity contribution in [1.29, 1.82) is 0 Å². The lowest BCUT2D eigenvalue weighted by Gasteiger charge is -2.22. The highest BCUT2D eigenvalue weighted by Gasteiger charge is 2.20. The quantitative estimate of drug-likeness (QED) is 0.482. The van der Waals surface area contributed by atoms with Crippen LogP contribution in [-0.2, 0) is 21.4 Å². The van der Waals surface area contributed by atoms with Crippen LogP contribution in [0, 0.1) is 10.5 Å². The van der Waals surface area contributed by atoms with Crippen molar-refractivity contribution in [2.24, 2.45) is 0 Å². The van der Waals surface area contributed by atoms with E-state index in [2.05, 4.69) is 32.9 Å². The fourth-order valence-corrected chi connectivity index (χ4v) is 4.04. The van der Waals surface area contributed by atoms with Crippen LogP contribution < -0.4 is 9.62 Å². The van der Waals surface area contributed by atoms with Crippen molar-refractivity contribution in [1.82, 2.24) is 14.9 Å². The molecule has 1 amide bonds. The molecule has 29 heavy (non-hydrogen) atoms. The van der Waals surface area contributed by atoms with Crippen LogP contribution in [0.15, 0.2) is 60.9 Å². The zero-order chi connectivity index (χ0) is 21.0. The summed E-state index contributed by atoms with van der Waals surface area (Å²) in [5, 5.41) is 2.78. The number of aromatic nitrogens is 2. The SMILES string of the molecule is Cc1nccn1-c1ccc(CNC(=O)CN(c2ccc(I)cc2)S(C)(=O)=O)cc1. The summed E-state index contributed by atoms with van der Waals surface area (Å²) in [6, 6.07) is 14.7. The summed E-state index contributed by atoms with van der Waals surface area (Å²) in [6.45, 7) is 1.97. The van der Waals surface area contributed by atoms with Crippen LogP contribution in [0.4, 0.5) is 5.69 Å². The molecule has 0 aliphatic carbocycles. The molecular formula is C20H21IN4O3S. The minimum absolute atomic E-state index is 0.272. The van der Waals surface area contributed by atoms with Gasteiger partial charge in [0.2, 0.25) is 15.9 Å². The Labute approximate surface area is 184 Å². The van der Waals surface area contributed by atoms with E-state index in [1.54, 1.807) is 30.5 Å². The first-order valence-electron chi connectivity index (χ1n) is 8.83. The van der Waals surface area contributed by atoms with Gasteiger partial charge in [-0.15, -0.1) is 0 Å². The Bertz CT molecular complexity index is 1090. The van der Waals surface area contributed by atoms with Crippen LogP contribution in [0.3, 0.4) is 0 Å². The molecule has 1 heterocycles. The summed E-state index contributed by atoms with van der Waals surface area (Å²) in [7, 11) is -3.58. The molecule has 0 aliphatic heterocycles. The fourth-order valence-electron chi connectivity index (χ4n) is 2.82. The fraction of sp³-hybridized carbons (Fsp3) is 0.200. The van der Waals surface area contributed by atoms with Crippen molar-refractivity contribution < 1.29 is 13.2 Å². The molecule has 0 saturated heterocycles. The molecule has 0 saturated carbocycles. The molecule has 9 heteroatoms. The van der Waals surface area contributed by atoms with Crippen molar-refractivity contribution in [3.05, 3.63) is 75.9 Å². The number of imidazole rings is 1. The number of anilines is 1. The van der Waals surface area contributed by atoms with Gasteiger partial charge in [-0.05, 0) is 71.5 Å². The maximum atomic E-state index is 12.4. The van der Waals surface area contributed by atoms with E-state index in [0.29, 0.717) is 12.2 Å². The first-order valence-corrected chi connectivity index (χ1v) is 11.8. The lowest BCUT2D eigenvalue weighted by Crippen LogP contribution is -2.40. The summed E-state index contributed by atoms with van der Waals surface area (Å²) < 4.78 is 28.3. The highest BCUT2D eigenvalue weighted by Crippen LogP contribution is 2.19. The Morgan fingerprint density at radius 2 is 1.79 bits per heavy atom. The van der Waals surface area contributed by atoms with E-state index in [4.69, 9.17) is 0 Å². The predicted octanol–water partition coefficient (Wildman–Crippen LogP) is 2.87. The second-order valence-corrected chi connectivity index (χ2v) is 9.69. The van der Waals surface area contributed by atoms with Gasteiger partial charge in [0.25, 0.3) is 0 Å². The summed E-state index contributed by atoms with van der Waals surface area (Å²) in [5.41, 5.74) is 2.36. The molecular weight excluding hydrogens is 503 g/mol. The van der Waals surface area contributed by atoms with Crippen molar-refractivity contribution >= 4 is 44.2 Å². The van der Waals surface area contributed by atoms with Crippen LogP contribution in [0.5, 0.6) is 0 Å². The zero-order valence-corrected chi connectivity index (χ0v) is 19.0. The second-order valence-electron chi connectivity index (χ2n) is 6.53. The first kappa shape index (κ1) is 21.3. The molecule has 0 spiro atoms. The van der Waals surface area contributed by atoms with Gasteiger partial charge in [0.1, 0.15) is 12.4 Å². The molecule has 0 atom stereocenters. The number of nitrogens with one attached hydrogen (secondary N) is 1. The normalized spacial score (nSPS) is 11.3. The number of halogens is 1. The first-order chi connectivity index (χ1) is 13.7. The van der Waals surface area contributed by atoms with Crippen LogP contribution in [0.2, 0.25) is 0 Å². The number of aryl methyl sites for hydroxylation is 1. The molecule has 1 N–H and O–H groups in total. The van der Waals surface area contributed by atoms with Crippen molar-refractivity contribution in [3.8, 4) is 5.69 Å². The number of hydrogen-bond donors (Lipinski definition) is 1. The topological polar surface area (TPSA) is 84.3 Å². The molecule has 0 unspecified atom stereocenters. The highest BCUT2D eigenvalue weighted by atomic mass is 127. The van der Waals surface area contributed by atoms with E-state index in [1.807, 2.05) is 42.0 Å². The van der Waals surface area contributed by atoms with Gasteiger partial charge in [-0.2, -0.15) is 0 Å². The Morgan fingerprint density at radius 3 is 2.34 bits per heavy atom. The largest absolute Gasteiger partial charge is 0.350 e. The predicted molar refractivity (Wildman–Crippen MR) is 121 cm³/mol. The summed E-state index contributed by atoms with van der Waals surface area (Å²) in [6.07, 6.45) is 4.72. The monoisotopic (exact) mass is 524 g/mol. The molecule has 0 aliphatic rings. The summed E-state index contributed by atoms with van der Waals surface area (Å²) in [5.74, 6) is 0.519. The minimum atomic E-state index is -3.58. The second kappa shape index (κ2) is 8.95. The van der Waals surface area contributed by atoms with Crippen LogP contribution in [0.1, 0.15) is 11.4 Å². The third-order valence-electron chi connectivity index (χ3n) is 4.33. The van der Waals surface area contributed by atoms with E-state index in [-0.39, 0.29) is 12.5 Å². The minimum Gasteiger partial charge on any atom is -0.350 e. The number of hydrogen-bond acceptors (Lipinski definition) is 4. The number of carbonyl (C=O) groups excluding carboxylic acids is 1. The number of nitrogens with zero attached hydrogens (tertiary/aromatic N) is 3. The van der Waals surface area contributed by atoms with E-state index in [1.165, 1.54) is 0 Å². The highest BCUT2D eigenvalue weighted by molar-refractivity contribution is 14.1. The Kier molecular flexibility index (Phi) is 6.58. The Hall–Kier alpha value is -2.40. The molecule has 7 nitrogen and oxygen atoms in total. The van der Waals surface area contributed by atoms with Crippen molar-refractivity contribution in [2.75, 3.05) is 17.1 Å². The molecule has 3 aromatic rings. The van der Waals surface area contributed by atoms with Gasteiger partial charge < -0.3 is 9.88 Å². The molecule has 0 fully saturated rings. The molecule has 1 aromatic heterocycles. The van der Waals surface area contributed by atoms with Crippen LogP contribution in [0.25, 0.3) is 5.69 Å². The third-order valence-corrected chi connectivity index (χ3v) is 6.19. The zero-order valence-electron chi connectivity index (χ0n) is 16.0. The van der Waals surface area contributed by atoms with Gasteiger partial charge in [-0.1, -0.05) is 12.1 Å².